The molecule has 4 aromatic rings. The largest absolute Gasteiger partial charge is 0.433 e. The summed E-state index contributed by atoms with van der Waals surface area (Å²) in [5.41, 5.74) is 0.158. The van der Waals surface area contributed by atoms with Gasteiger partial charge in [-0.05, 0) is 18.9 Å². The number of alkyl halides is 3. The van der Waals surface area contributed by atoms with Crippen LogP contribution in [-0.4, -0.2) is 37.1 Å². The number of nitrogens with zero attached hydrogens (tertiary/aromatic N) is 5. The van der Waals surface area contributed by atoms with Gasteiger partial charge in [-0.1, -0.05) is 49.3 Å². The molecule has 4 heterocycles. The van der Waals surface area contributed by atoms with Crippen molar-refractivity contribution in [2.24, 2.45) is 0 Å². The molecule has 0 bridgehead atoms. The molecule has 0 aliphatic carbocycles. The second-order valence-corrected chi connectivity index (χ2v) is 8.65. The van der Waals surface area contributed by atoms with Gasteiger partial charge >= 0.3 is 6.18 Å². The van der Waals surface area contributed by atoms with Gasteiger partial charge in [0, 0.05) is 24.1 Å². The van der Waals surface area contributed by atoms with Gasteiger partial charge in [0.1, 0.15) is 17.0 Å². The number of benzene rings is 1. The number of fused-ring (bicyclic) bond motifs is 1. The Morgan fingerprint density at radius 2 is 1.94 bits per heavy atom. The number of likely N-dealkylation sites (tertiary alicyclic amines) is 1. The van der Waals surface area contributed by atoms with E-state index in [0.717, 1.165) is 18.7 Å². The van der Waals surface area contributed by atoms with E-state index >= 15 is 0 Å². The first kappa shape index (κ1) is 22.1. The van der Waals surface area contributed by atoms with Crippen molar-refractivity contribution in [3.05, 3.63) is 71.4 Å². The minimum Gasteiger partial charge on any atom is -0.361 e. The molecule has 7 nitrogen and oxygen atoms in total. The highest BCUT2D eigenvalue weighted by atomic mass is 19.4. The minimum absolute atomic E-state index is 0.0164. The summed E-state index contributed by atoms with van der Waals surface area (Å²) in [6, 6.07) is 11.0. The first-order valence-electron chi connectivity index (χ1n) is 11.0. The summed E-state index contributed by atoms with van der Waals surface area (Å²) in [6.07, 6.45) is -2.09. The number of halogens is 3. The van der Waals surface area contributed by atoms with Crippen LogP contribution in [0.5, 0.6) is 0 Å². The van der Waals surface area contributed by atoms with Gasteiger partial charge in [0.05, 0.1) is 17.9 Å². The second-order valence-electron chi connectivity index (χ2n) is 8.65. The van der Waals surface area contributed by atoms with Crippen molar-refractivity contribution in [1.82, 2.24) is 24.7 Å². The molecule has 0 radical (unpaired) electrons. The molecule has 0 saturated carbocycles. The van der Waals surface area contributed by atoms with Gasteiger partial charge in [-0.25, -0.2) is 9.50 Å². The van der Waals surface area contributed by atoms with Crippen LogP contribution in [0.2, 0.25) is 0 Å². The molecule has 0 spiro atoms. The number of hydrogen-bond acceptors (Lipinski definition) is 5. The van der Waals surface area contributed by atoms with Gasteiger partial charge in [-0.15, -0.1) is 0 Å². The molecule has 176 valence electrons. The Hall–Kier alpha value is -3.69. The fourth-order valence-electron chi connectivity index (χ4n) is 4.28. The highest BCUT2D eigenvalue weighted by Gasteiger charge is 2.38. The number of hydrogen-bond donors (Lipinski definition) is 0. The summed E-state index contributed by atoms with van der Waals surface area (Å²) in [4.78, 5) is 19.6. The molecular formula is C24H22F3N5O2. The Kier molecular flexibility index (Phi) is 5.38. The third-order valence-corrected chi connectivity index (χ3v) is 6.03. The molecule has 1 amide bonds. The lowest BCUT2D eigenvalue weighted by Gasteiger charge is -2.22. The number of carbonyl (C=O) groups excluding carboxylic acids is 1. The van der Waals surface area contributed by atoms with Crippen molar-refractivity contribution >= 4 is 11.6 Å². The Bertz CT molecular complexity index is 1340. The SMILES string of the molecule is CC(C)c1cc([C@H]2CCCN2C(=O)c2cnn3c(C(F)(F)F)cc(-c4ccccc4)nc23)no1. The van der Waals surface area contributed by atoms with Crippen molar-refractivity contribution in [2.45, 2.75) is 44.8 Å². The molecule has 1 atom stereocenters. The van der Waals surface area contributed by atoms with E-state index < -0.39 is 17.8 Å². The normalized spacial score (nSPS) is 16.6. The highest BCUT2D eigenvalue weighted by Crippen LogP contribution is 2.36. The average molecular weight is 469 g/mol. The number of rotatable bonds is 4. The summed E-state index contributed by atoms with van der Waals surface area (Å²) in [7, 11) is 0. The summed E-state index contributed by atoms with van der Waals surface area (Å²) in [5.74, 6) is 0.430. The van der Waals surface area contributed by atoms with Gasteiger partial charge in [-0.2, -0.15) is 18.3 Å². The molecule has 10 heteroatoms. The van der Waals surface area contributed by atoms with E-state index in [1.807, 2.05) is 19.9 Å². The van der Waals surface area contributed by atoms with Crippen LogP contribution in [0, 0.1) is 0 Å². The maximum absolute atomic E-state index is 13.9. The Morgan fingerprint density at radius 1 is 1.18 bits per heavy atom. The quantitative estimate of drug-likeness (QED) is 0.394. The fraction of sp³-hybridized carbons (Fsp3) is 0.333. The maximum atomic E-state index is 13.9. The molecule has 1 saturated heterocycles. The topological polar surface area (TPSA) is 76.5 Å². The standard InChI is InChI=1S/C24H22F3N5O2/c1-14(2)20-11-18(30-34-20)19-9-6-10-31(19)23(33)16-13-28-32-21(24(25,26)27)12-17(29-22(16)32)15-7-4-3-5-8-15/h3-5,7-8,11-14,19H,6,9-10H2,1-2H3/t19-/m1/s1. The zero-order valence-corrected chi connectivity index (χ0v) is 18.6. The lowest BCUT2D eigenvalue weighted by molar-refractivity contribution is -0.142. The minimum atomic E-state index is -4.68. The van der Waals surface area contributed by atoms with Crippen molar-refractivity contribution < 1.29 is 22.5 Å². The van der Waals surface area contributed by atoms with Gasteiger partial charge in [0.25, 0.3) is 5.91 Å². The van der Waals surface area contributed by atoms with Crippen LogP contribution in [0.25, 0.3) is 16.9 Å². The lowest BCUT2D eigenvalue weighted by atomic mass is 10.1. The molecule has 1 fully saturated rings. The third kappa shape index (κ3) is 3.82. The van der Waals surface area contributed by atoms with Crippen molar-refractivity contribution in [3.8, 4) is 11.3 Å². The molecule has 1 aromatic carbocycles. The van der Waals surface area contributed by atoms with Crippen LogP contribution in [0.15, 0.2) is 53.2 Å². The molecule has 1 aliphatic heterocycles. The monoisotopic (exact) mass is 469 g/mol. The highest BCUT2D eigenvalue weighted by molar-refractivity contribution is 6.00. The predicted octanol–water partition coefficient (Wildman–Crippen LogP) is 5.50. The molecule has 0 unspecified atom stereocenters. The molecule has 0 N–H and O–H groups in total. The lowest BCUT2D eigenvalue weighted by Crippen LogP contribution is -2.30. The van der Waals surface area contributed by atoms with E-state index in [0.29, 0.717) is 34.5 Å². The Morgan fingerprint density at radius 3 is 2.62 bits per heavy atom. The number of carbonyl (C=O) groups is 1. The van der Waals surface area contributed by atoms with Crippen LogP contribution in [0.4, 0.5) is 13.2 Å². The van der Waals surface area contributed by atoms with E-state index in [1.54, 1.807) is 35.2 Å². The van der Waals surface area contributed by atoms with Crippen LogP contribution in [-0.2, 0) is 6.18 Å². The third-order valence-electron chi connectivity index (χ3n) is 6.03. The first-order valence-corrected chi connectivity index (χ1v) is 11.0. The van der Waals surface area contributed by atoms with Gasteiger partial charge < -0.3 is 9.42 Å². The number of aromatic nitrogens is 4. The zero-order chi connectivity index (χ0) is 24.0. The van der Waals surface area contributed by atoms with Crippen LogP contribution in [0.3, 0.4) is 0 Å². The summed E-state index contributed by atoms with van der Waals surface area (Å²) in [5, 5.41) is 8.03. The van der Waals surface area contributed by atoms with Crippen molar-refractivity contribution in [1.29, 1.82) is 0 Å². The van der Waals surface area contributed by atoms with Crippen LogP contribution in [0.1, 0.15) is 66.2 Å². The first-order chi connectivity index (χ1) is 16.2. The summed E-state index contributed by atoms with van der Waals surface area (Å²) < 4.78 is 47.7. The predicted molar refractivity (Wildman–Crippen MR) is 117 cm³/mol. The van der Waals surface area contributed by atoms with Gasteiger partial charge in [-0.3, -0.25) is 4.79 Å². The van der Waals surface area contributed by atoms with E-state index in [1.165, 1.54) is 0 Å². The van der Waals surface area contributed by atoms with Crippen LogP contribution < -0.4 is 0 Å². The Labute approximate surface area is 193 Å². The van der Waals surface area contributed by atoms with E-state index in [9.17, 15) is 18.0 Å². The van der Waals surface area contributed by atoms with Crippen molar-refractivity contribution in [2.75, 3.05) is 6.54 Å². The fourth-order valence-corrected chi connectivity index (χ4v) is 4.28. The van der Waals surface area contributed by atoms with E-state index in [4.69, 9.17) is 4.52 Å². The molecular weight excluding hydrogens is 447 g/mol. The second kappa shape index (κ2) is 8.27. The average Bonchev–Trinajstić information content (AvgIpc) is 3.56. The smallest absolute Gasteiger partial charge is 0.361 e. The molecule has 34 heavy (non-hydrogen) atoms. The van der Waals surface area contributed by atoms with Crippen LogP contribution >= 0.6 is 0 Å². The Balaban J connectivity index is 1.58. The van der Waals surface area contributed by atoms with E-state index in [2.05, 4.69) is 15.2 Å². The van der Waals surface area contributed by atoms with Gasteiger partial charge in [0.15, 0.2) is 11.3 Å². The molecule has 5 rings (SSSR count). The molecule has 1 aliphatic rings. The van der Waals surface area contributed by atoms with Gasteiger partial charge in [0.2, 0.25) is 0 Å². The maximum Gasteiger partial charge on any atom is 0.433 e. The van der Waals surface area contributed by atoms with Crippen molar-refractivity contribution in [3.63, 3.8) is 0 Å². The summed E-state index contributed by atoms with van der Waals surface area (Å²) in [6.45, 7) is 4.42. The zero-order valence-electron chi connectivity index (χ0n) is 18.6. The number of amides is 1. The molecule has 3 aromatic heterocycles. The van der Waals surface area contributed by atoms with E-state index in [-0.39, 0.29) is 28.9 Å². The summed E-state index contributed by atoms with van der Waals surface area (Å²) >= 11 is 0.